The molecule has 118 valence electrons. The number of benzene rings is 2. The van der Waals surface area contributed by atoms with E-state index in [1.54, 1.807) is 30.3 Å². The smallest absolute Gasteiger partial charge is 0.243 e. The molecule has 1 amide bonds. The highest BCUT2D eigenvalue weighted by atomic mass is 35.5. The quantitative estimate of drug-likeness (QED) is 0.879. The largest absolute Gasteiger partial charge is 0.495 e. The molecule has 2 aromatic rings. The molecule has 0 bridgehead atoms. The van der Waals surface area contributed by atoms with E-state index in [2.05, 4.69) is 10.6 Å². The number of amides is 1. The van der Waals surface area contributed by atoms with Crippen LogP contribution in [0.15, 0.2) is 36.4 Å². The van der Waals surface area contributed by atoms with Crippen molar-refractivity contribution in [2.45, 2.75) is 6.92 Å². The number of anilines is 2. The standard InChI is InChI=1S/C17H16ClN3O2/c1-11-7-15(16(23-2)8-13(11)18)20-10-17(22)21-14-6-4-3-5-12(14)9-19/h3-8,20H,10H2,1-2H3,(H,21,22). The van der Waals surface area contributed by atoms with Crippen molar-refractivity contribution in [1.29, 1.82) is 5.26 Å². The summed E-state index contributed by atoms with van der Waals surface area (Å²) in [5, 5.41) is 15.3. The van der Waals surface area contributed by atoms with Gasteiger partial charge in [-0.3, -0.25) is 4.79 Å². The third kappa shape index (κ3) is 4.15. The Labute approximate surface area is 139 Å². The lowest BCUT2D eigenvalue weighted by Gasteiger charge is -2.13. The Balaban J connectivity index is 2.05. The highest BCUT2D eigenvalue weighted by Crippen LogP contribution is 2.30. The van der Waals surface area contributed by atoms with Crippen LogP contribution in [-0.2, 0) is 4.79 Å². The van der Waals surface area contributed by atoms with E-state index < -0.39 is 0 Å². The lowest BCUT2D eigenvalue weighted by atomic mass is 10.2. The molecule has 0 spiro atoms. The van der Waals surface area contributed by atoms with Crippen LogP contribution in [0.5, 0.6) is 5.75 Å². The lowest BCUT2D eigenvalue weighted by Crippen LogP contribution is -2.22. The first-order chi connectivity index (χ1) is 11.0. The first-order valence-corrected chi connectivity index (χ1v) is 7.30. The fraction of sp³-hybridized carbons (Fsp3) is 0.176. The maximum absolute atomic E-state index is 12.1. The third-order valence-electron chi connectivity index (χ3n) is 3.24. The SMILES string of the molecule is COc1cc(Cl)c(C)cc1NCC(=O)Nc1ccccc1C#N. The normalized spacial score (nSPS) is 9.83. The summed E-state index contributed by atoms with van der Waals surface area (Å²) >= 11 is 6.05. The molecule has 0 aliphatic carbocycles. The minimum Gasteiger partial charge on any atom is -0.495 e. The van der Waals surface area contributed by atoms with Crippen LogP contribution < -0.4 is 15.4 Å². The third-order valence-corrected chi connectivity index (χ3v) is 3.65. The van der Waals surface area contributed by atoms with E-state index >= 15 is 0 Å². The molecule has 0 saturated carbocycles. The Bertz CT molecular complexity index is 769. The molecule has 6 heteroatoms. The summed E-state index contributed by atoms with van der Waals surface area (Å²) < 4.78 is 5.25. The monoisotopic (exact) mass is 329 g/mol. The van der Waals surface area contributed by atoms with Crippen molar-refractivity contribution in [2.75, 3.05) is 24.3 Å². The molecule has 0 aliphatic heterocycles. The minimum atomic E-state index is -0.262. The van der Waals surface area contributed by atoms with E-state index in [0.29, 0.717) is 27.7 Å². The number of aryl methyl sites for hydroxylation is 1. The molecule has 2 aromatic carbocycles. The summed E-state index contributed by atoms with van der Waals surface area (Å²) in [6.45, 7) is 1.91. The number of halogens is 1. The number of carbonyl (C=O) groups excluding carboxylic acids is 1. The zero-order chi connectivity index (χ0) is 16.8. The number of hydrogen-bond donors (Lipinski definition) is 2. The topological polar surface area (TPSA) is 74.2 Å². The van der Waals surface area contributed by atoms with Gasteiger partial charge in [-0.2, -0.15) is 5.26 Å². The van der Waals surface area contributed by atoms with Gasteiger partial charge in [-0.25, -0.2) is 0 Å². The molecule has 0 heterocycles. The van der Waals surface area contributed by atoms with Gasteiger partial charge in [-0.15, -0.1) is 0 Å². The van der Waals surface area contributed by atoms with E-state index in [1.807, 2.05) is 19.1 Å². The number of ether oxygens (including phenoxy) is 1. The van der Waals surface area contributed by atoms with Gasteiger partial charge < -0.3 is 15.4 Å². The van der Waals surface area contributed by atoms with Gasteiger partial charge in [0.25, 0.3) is 0 Å². The second-order valence-corrected chi connectivity index (χ2v) is 5.27. The summed E-state index contributed by atoms with van der Waals surface area (Å²) in [7, 11) is 1.54. The average Bonchev–Trinajstić information content (AvgIpc) is 2.56. The predicted molar refractivity (Wildman–Crippen MR) is 91.0 cm³/mol. The van der Waals surface area contributed by atoms with E-state index in [4.69, 9.17) is 21.6 Å². The van der Waals surface area contributed by atoms with Crippen molar-refractivity contribution in [1.82, 2.24) is 0 Å². The van der Waals surface area contributed by atoms with Gasteiger partial charge in [-0.05, 0) is 30.7 Å². The number of nitriles is 1. The number of nitrogens with zero attached hydrogens (tertiary/aromatic N) is 1. The van der Waals surface area contributed by atoms with Crippen LogP contribution in [0, 0.1) is 18.3 Å². The summed E-state index contributed by atoms with van der Waals surface area (Å²) in [6, 6.07) is 12.4. The van der Waals surface area contributed by atoms with Crippen LogP contribution in [0.1, 0.15) is 11.1 Å². The maximum atomic E-state index is 12.1. The molecule has 0 unspecified atom stereocenters. The van der Waals surface area contributed by atoms with Crippen molar-refractivity contribution >= 4 is 28.9 Å². The van der Waals surface area contributed by atoms with Gasteiger partial charge in [0, 0.05) is 11.1 Å². The number of hydrogen-bond acceptors (Lipinski definition) is 4. The zero-order valence-electron chi connectivity index (χ0n) is 12.8. The Morgan fingerprint density at radius 2 is 2.04 bits per heavy atom. The van der Waals surface area contributed by atoms with Gasteiger partial charge >= 0.3 is 0 Å². The lowest BCUT2D eigenvalue weighted by molar-refractivity contribution is -0.114. The molecular formula is C17H16ClN3O2. The van der Waals surface area contributed by atoms with E-state index in [0.717, 1.165) is 5.56 Å². The number of carbonyl (C=O) groups is 1. The molecule has 0 radical (unpaired) electrons. The molecule has 0 saturated heterocycles. The first-order valence-electron chi connectivity index (χ1n) is 6.92. The summed E-state index contributed by atoms with van der Waals surface area (Å²) in [5.41, 5.74) is 2.46. The van der Waals surface area contributed by atoms with Gasteiger partial charge in [0.1, 0.15) is 11.8 Å². The zero-order valence-corrected chi connectivity index (χ0v) is 13.6. The Hall–Kier alpha value is -2.71. The summed E-state index contributed by atoms with van der Waals surface area (Å²) in [6.07, 6.45) is 0. The van der Waals surface area contributed by atoms with Crippen molar-refractivity contribution in [3.05, 3.63) is 52.5 Å². The summed E-state index contributed by atoms with van der Waals surface area (Å²) in [4.78, 5) is 12.1. The highest BCUT2D eigenvalue weighted by molar-refractivity contribution is 6.31. The second kappa shape index (κ2) is 7.52. The van der Waals surface area contributed by atoms with Crippen molar-refractivity contribution in [3.8, 4) is 11.8 Å². The van der Waals surface area contributed by atoms with E-state index in [-0.39, 0.29) is 12.5 Å². The Kier molecular flexibility index (Phi) is 5.45. The molecule has 2 N–H and O–H groups in total. The molecule has 0 fully saturated rings. The molecular weight excluding hydrogens is 314 g/mol. The van der Waals surface area contributed by atoms with E-state index in [9.17, 15) is 4.79 Å². The number of nitrogens with one attached hydrogen (secondary N) is 2. The fourth-order valence-electron chi connectivity index (χ4n) is 2.03. The minimum absolute atomic E-state index is 0.0389. The van der Waals surface area contributed by atoms with Crippen LogP contribution in [0.3, 0.4) is 0 Å². The van der Waals surface area contributed by atoms with Crippen LogP contribution in [0.25, 0.3) is 0 Å². The maximum Gasteiger partial charge on any atom is 0.243 e. The van der Waals surface area contributed by atoms with E-state index in [1.165, 1.54) is 7.11 Å². The molecule has 2 rings (SSSR count). The Morgan fingerprint density at radius 1 is 1.30 bits per heavy atom. The number of methoxy groups -OCH3 is 1. The molecule has 0 aliphatic rings. The average molecular weight is 330 g/mol. The predicted octanol–water partition coefficient (Wildman–Crippen LogP) is 3.58. The van der Waals surface area contributed by atoms with Crippen molar-refractivity contribution in [3.63, 3.8) is 0 Å². The second-order valence-electron chi connectivity index (χ2n) is 4.86. The van der Waals surface area contributed by atoms with Gasteiger partial charge in [-0.1, -0.05) is 23.7 Å². The van der Waals surface area contributed by atoms with Gasteiger partial charge in [0.05, 0.1) is 30.6 Å². The molecule has 23 heavy (non-hydrogen) atoms. The first kappa shape index (κ1) is 16.7. The number of rotatable bonds is 5. The van der Waals surface area contributed by atoms with Crippen LogP contribution in [0.4, 0.5) is 11.4 Å². The highest BCUT2D eigenvalue weighted by Gasteiger charge is 2.10. The van der Waals surface area contributed by atoms with Crippen molar-refractivity contribution in [2.24, 2.45) is 0 Å². The molecule has 0 atom stereocenters. The van der Waals surface area contributed by atoms with Gasteiger partial charge in [0.2, 0.25) is 5.91 Å². The number of para-hydroxylation sites is 1. The Morgan fingerprint density at radius 3 is 2.74 bits per heavy atom. The van der Waals surface area contributed by atoms with Crippen molar-refractivity contribution < 1.29 is 9.53 Å². The fourth-order valence-corrected chi connectivity index (χ4v) is 2.18. The molecule has 0 aromatic heterocycles. The van der Waals surface area contributed by atoms with Crippen LogP contribution in [0.2, 0.25) is 5.02 Å². The summed E-state index contributed by atoms with van der Waals surface area (Å²) in [5.74, 6) is 0.299. The molecule has 5 nitrogen and oxygen atoms in total. The van der Waals surface area contributed by atoms with Gasteiger partial charge in [0.15, 0.2) is 0 Å². The van der Waals surface area contributed by atoms with Crippen LogP contribution >= 0.6 is 11.6 Å². The van der Waals surface area contributed by atoms with Crippen LogP contribution in [-0.4, -0.2) is 19.6 Å².